The highest BCUT2D eigenvalue weighted by Gasteiger charge is 2.28. The largest absolute Gasteiger partial charge is 0.368 e. The molecule has 4 rings (SSSR count). The normalized spacial score (nSPS) is 18.3. The van der Waals surface area contributed by atoms with Crippen molar-refractivity contribution in [1.29, 1.82) is 0 Å². The standard InChI is InChI=1S/C17H19ClN4O/c18-13-2-1-3-14(10-13)21-6-8-22(9-7-21)17(23)16-11-15(19-20-16)12-4-5-12/h1-3,10-12H,4-9H2,(H,19,20). The maximum absolute atomic E-state index is 12.6. The van der Waals surface area contributed by atoms with Crippen LogP contribution in [0.25, 0.3) is 0 Å². The molecule has 1 saturated carbocycles. The van der Waals surface area contributed by atoms with Gasteiger partial charge in [0.25, 0.3) is 5.91 Å². The zero-order valence-electron chi connectivity index (χ0n) is 12.8. The first kappa shape index (κ1) is 14.6. The lowest BCUT2D eigenvalue weighted by Crippen LogP contribution is -2.48. The number of nitrogens with one attached hydrogen (secondary N) is 1. The van der Waals surface area contributed by atoms with Crippen LogP contribution in [0.15, 0.2) is 30.3 Å². The Labute approximate surface area is 140 Å². The van der Waals surface area contributed by atoms with Crippen LogP contribution in [0.5, 0.6) is 0 Å². The molecule has 2 aromatic rings. The molecular formula is C17H19ClN4O. The third-order valence-corrected chi connectivity index (χ3v) is 4.81. The van der Waals surface area contributed by atoms with E-state index in [1.807, 2.05) is 29.2 Å². The molecule has 1 aliphatic heterocycles. The van der Waals surface area contributed by atoms with Crippen molar-refractivity contribution in [1.82, 2.24) is 15.1 Å². The van der Waals surface area contributed by atoms with Gasteiger partial charge in [0.05, 0.1) is 0 Å². The Balaban J connectivity index is 1.39. The van der Waals surface area contributed by atoms with Crippen LogP contribution in [0.2, 0.25) is 5.02 Å². The molecule has 0 spiro atoms. The van der Waals surface area contributed by atoms with Crippen molar-refractivity contribution in [3.63, 3.8) is 0 Å². The van der Waals surface area contributed by atoms with Crippen molar-refractivity contribution in [2.45, 2.75) is 18.8 Å². The molecule has 0 radical (unpaired) electrons. The molecule has 0 unspecified atom stereocenters. The van der Waals surface area contributed by atoms with Gasteiger partial charge in [0.1, 0.15) is 5.69 Å². The van der Waals surface area contributed by atoms with Gasteiger partial charge in [-0.2, -0.15) is 5.10 Å². The summed E-state index contributed by atoms with van der Waals surface area (Å²) >= 11 is 6.05. The fraction of sp³-hybridized carbons (Fsp3) is 0.412. The number of benzene rings is 1. The highest BCUT2D eigenvalue weighted by molar-refractivity contribution is 6.30. The lowest BCUT2D eigenvalue weighted by atomic mass is 10.2. The fourth-order valence-corrected chi connectivity index (χ4v) is 3.24. The molecule has 5 nitrogen and oxygen atoms in total. The third-order valence-electron chi connectivity index (χ3n) is 4.57. The van der Waals surface area contributed by atoms with Gasteiger partial charge >= 0.3 is 0 Å². The van der Waals surface area contributed by atoms with Crippen LogP contribution in [0.4, 0.5) is 5.69 Å². The fourth-order valence-electron chi connectivity index (χ4n) is 3.05. The monoisotopic (exact) mass is 330 g/mol. The van der Waals surface area contributed by atoms with Gasteiger partial charge in [0.2, 0.25) is 0 Å². The number of rotatable bonds is 3. The van der Waals surface area contributed by atoms with Gasteiger partial charge in [-0.25, -0.2) is 0 Å². The number of halogens is 1. The summed E-state index contributed by atoms with van der Waals surface area (Å²) in [5, 5.41) is 7.94. The zero-order valence-corrected chi connectivity index (χ0v) is 13.6. The summed E-state index contributed by atoms with van der Waals surface area (Å²) in [5.41, 5.74) is 2.76. The molecule has 23 heavy (non-hydrogen) atoms. The van der Waals surface area contributed by atoms with Gasteiger partial charge < -0.3 is 9.80 Å². The number of nitrogens with zero attached hydrogens (tertiary/aromatic N) is 3. The van der Waals surface area contributed by atoms with E-state index in [1.165, 1.54) is 12.8 Å². The number of aromatic nitrogens is 2. The SMILES string of the molecule is O=C(c1cc(C2CC2)[nH]n1)N1CCN(c2cccc(Cl)c2)CC1. The average molecular weight is 331 g/mol. The first-order chi connectivity index (χ1) is 11.2. The molecule has 1 aromatic carbocycles. The summed E-state index contributed by atoms with van der Waals surface area (Å²) in [6, 6.07) is 9.77. The molecule has 120 valence electrons. The minimum Gasteiger partial charge on any atom is -0.368 e. The maximum atomic E-state index is 12.6. The number of amides is 1. The maximum Gasteiger partial charge on any atom is 0.274 e. The van der Waals surface area contributed by atoms with Gasteiger partial charge in [0, 0.05) is 48.5 Å². The van der Waals surface area contributed by atoms with Gasteiger partial charge in [-0.15, -0.1) is 0 Å². The summed E-state index contributed by atoms with van der Waals surface area (Å²) < 4.78 is 0. The Morgan fingerprint density at radius 2 is 1.96 bits per heavy atom. The van der Waals surface area contributed by atoms with E-state index in [4.69, 9.17) is 11.6 Å². The van der Waals surface area contributed by atoms with Crippen LogP contribution in [-0.2, 0) is 0 Å². The number of H-pyrrole nitrogens is 1. The van der Waals surface area contributed by atoms with Crippen molar-refractivity contribution in [3.05, 3.63) is 46.7 Å². The molecule has 1 aliphatic carbocycles. The smallest absolute Gasteiger partial charge is 0.274 e. The molecule has 0 atom stereocenters. The van der Waals surface area contributed by atoms with Crippen LogP contribution >= 0.6 is 11.6 Å². The second-order valence-corrected chi connectivity index (χ2v) is 6.68. The first-order valence-corrected chi connectivity index (χ1v) is 8.43. The van der Waals surface area contributed by atoms with Crippen LogP contribution in [0.3, 0.4) is 0 Å². The number of anilines is 1. The summed E-state index contributed by atoms with van der Waals surface area (Å²) in [5.74, 6) is 0.614. The number of carbonyl (C=O) groups excluding carboxylic acids is 1. The van der Waals surface area contributed by atoms with Crippen molar-refractivity contribution in [2.24, 2.45) is 0 Å². The number of aromatic amines is 1. The molecule has 1 aromatic heterocycles. The Bertz CT molecular complexity index is 717. The highest BCUT2D eigenvalue weighted by atomic mass is 35.5. The summed E-state index contributed by atoms with van der Waals surface area (Å²) in [6.45, 7) is 3.03. The van der Waals surface area contributed by atoms with Gasteiger partial charge in [-0.1, -0.05) is 17.7 Å². The number of hydrogen-bond donors (Lipinski definition) is 1. The number of carbonyl (C=O) groups is 1. The zero-order chi connectivity index (χ0) is 15.8. The van der Waals surface area contributed by atoms with Crippen LogP contribution < -0.4 is 4.90 Å². The average Bonchev–Trinajstić information content (AvgIpc) is 3.32. The lowest BCUT2D eigenvalue weighted by Gasteiger charge is -2.35. The minimum atomic E-state index is 0.0268. The topological polar surface area (TPSA) is 52.2 Å². The van der Waals surface area contributed by atoms with E-state index in [-0.39, 0.29) is 5.91 Å². The Hall–Kier alpha value is -2.01. The van der Waals surface area contributed by atoms with Gasteiger partial charge in [-0.05, 0) is 37.1 Å². The highest BCUT2D eigenvalue weighted by Crippen LogP contribution is 2.39. The van der Waals surface area contributed by atoms with E-state index in [0.717, 1.165) is 29.5 Å². The molecule has 0 bridgehead atoms. The third kappa shape index (κ3) is 3.06. The van der Waals surface area contributed by atoms with Crippen molar-refractivity contribution in [2.75, 3.05) is 31.1 Å². The van der Waals surface area contributed by atoms with Crippen LogP contribution in [-0.4, -0.2) is 47.2 Å². The number of piperazine rings is 1. The molecule has 1 amide bonds. The second-order valence-electron chi connectivity index (χ2n) is 6.24. The van der Waals surface area contributed by atoms with Gasteiger partial charge in [-0.3, -0.25) is 9.89 Å². The van der Waals surface area contributed by atoms with E-state index in [0.29, 0.717) is 24.7 Å². The number of hydrogen-bond acceptors (Lipinski definition) is 3. The molecule has 2 aliphatic rings. The second kappa shape index (κ2) is 5.89. The summed E-state index contributed by atoms with van der Waals surface area (Å²) in [6.07, 6.45) is 2.41. The Morgan fingerprint density at radius 1 is 1.17 bits per heavy atom. The minimum absolute atomic E-state index is 0.0268. The molecule has 6 heteroatoms. The molecular weight excluding hydrogens is 312 g/mol. The summed E-state index contributed by atoms with van der Waals surface area (Å²) in [4.78, 5) is 16.7. The van der Waals surface area contributed by atoms with E-state index < -0.39 is 0 Å². The predicted molar refractivity (Wildman–Crippen MR) is 90.1 cm³/mol. The Morgan fingerprint density at radius 3 is 2.65 bits per heavy atom. The van der Waals surface area contributed by atoms with E-state index in [1.54, 1.807) is 0 Å². The Kier molecular flexibility index (Phi) is 3.73. The molecule has 2 heterocycles. The molecule has 1 N–H and O–H groups in total. The summed E-state index contributed by atoms with van der Waals surface area (Å²) in [7, 11) is 0. The van der Waals surface area contributed by atoms with Gasteiger partial charge in [0.15, 0.2) is 0 Å². The van der Waals surface area contributed by atoms with E-state index >= 15 is 0 Å². The van der Waals surface area contributed by atoms with Crippen molar-refractivity contribution in [3.8, 4) is 0 Å². The predicted octanol–water partition coefficient (Wildman–Crippen LogP) is 2.90. The molecule has 1 saturated heterocycles. The molecule has 2 fully saturated rings. The van der Waals surface area contributed by atoms with E-state index in [9.17, 15) is 4.79 Å². The van der Waals surface area contributed by atoms with Crippen LogP contribution in [0.1, 0.15) is 34.9 Å². The first-order valence-electron chi connectivity index (χ1n) is 8.06. The van der Waals surface area contributed by atoms with Crippen molar-refractivity contribution >= 4 is 23.2 Å². The van der Waals surface area contributed by atoms with Crippen LogP contribution in [0, 0.1) is 0 Å². The van der Waals surface area contributed by atoms with Crippen molar-refractivity contribution < 1.29 is 4.79 Å². The lowest BCUT2D eigenvalue weighted by molar-refractivity contribution is 0.0741. The van der Waals surface area contributed by atoms with E-state index in [2.05, 4.69) is 21.2 Å². The quantitative estimate of drug-likeness (QED) is 0.941.